The molecule has 5 heterocycles. The largest absolute Gasteiger partial charge is 0.242 e. The minimum atomic E-state index is 0.957. The lowest BCUT2D eigenvalue weighted by Gasteiger charge is -1.99. The maximum absolute atomic E-state index is 4.95. The third-order valence-electron chi connectivity index (χ3n) is 4.32. The van der Waals surface area contributed by atoms with Crippen LogP contribution in [0.4, 0.5) is 0 Å². The summed E-state index contributed by atoms with van der Waals surface area (Å²) in [6.07, 6.45) is 0. The molecule has 5 aromatic rings. The summed E-state index contributed by atoms with van der Waals surface area (Å²) in [6, 6.07) is 4.22. The summed E-state index contributed by atoms with van der Waals surface area (Å²) < 4.78 is 0. The van der Waals surface area contributed by atoms with Crippen LogP contribution in [0.25, 0.3) is 41.1 Å². The van der Waals surface area contributed by atoms with Gasteiger partial charge in [-0.05, 0) is 51.0 Å². The number of hydrogen-bond acceptors (Lipinski definition) is 6. The van der Waals surface area contributed by atoms with Crippen molar-refractivity contribution in [3.8, 4) is 0 Å². The molecular formula is C18H14N4S2. The topological polar surface area (TPSA) is 51.6 Å². The van der Waals surface area contributed by atoms with Gasteiger partial charge in [0.05, 0.1) is 0 Å². The van der Waals surface area contributed by atoms with E-state index in [1.807, 2.05) is 13.8 Å². The fraction of sp³-hybridized carbons (Fsp3) is 0.222. The molecule has 0 fully saturated rings. The van der Waals surface area contributed by atoms with Crippen LogP contribution >= 0.6 is 22.7 Å². The maximum atomic E-state index is 4.95. The highest BCUT2D eigenvalue weighted by Gasteiger charge is 2.17. The van der Waals surface area contributed by atoms with E-state index in [1.165, 1.54) is 11.1 Å². The summed E-state index contributed by atoms with van der Waals surface area (Å²) in [5, 5.41) is 2.27. The van der Waals surface area contributed by atoms with E-state index in [9.17, 15) is 0 Å². The molecule has 0 N–H and O–H groups in total. The summed E-state index contributed by atoms with van der Waals surface area (Å²) >= 11 is 3.25. The Bertz CT molecular complexity index is 1200. The van der Waals surface area contributed by atoms with Gasteiger partial charge in [-0.25, -0.2) is 19.9 Å². The first-order valence-corrected chi connectivity index (χ1v) is 9.39. The second-order valence-corrected chi connectivity index (χ2v) is 8.21. The van der Waals surface area contributed by atoms with Crippen molar-refractivity contribution in [2.45, 2.75) is 27.7 Å². The van der Waals surface area contributed by atoms with Gasteiger partial charge in [0.25, 0.3) is 0 Å². The number of nitrogens with zero attached hydrogens (tertiary/aromatic N) is 4. The van der Waals surface area contributed by atoms with Gasteiger partial charge in [-0.3, -0.25) is 0 Å². The first-order chi connectivity index (χ1) is 11.5. The first-order valence-electron chi connectivity index (χ1n) is 7.76. The highest BCUT2D eigenvalue weighted by atomic mass is 32.1. The molecule has 6 heteroatoms. The van der Waals surface area contributed by atoms with Crippen LogP contribution < -0.4 is 0 Å². The number of aryl methyl sites for hydroxylation is 4. The summed E-state index contributed by atoms with van der Waals surface area (Å²) in [5.41, 5.74) is 6.43. The van der Waals surface area contributed by atoms with Crippen LogP contribution in [0.5, 0.6) is 0 Å². The Morgan fingerprint density at radius 2 is 1.00 bits per heavy atom. The van der Waals surface area contributed by atoms with Crippen molar-refractivity contribution in [3.63, 3.8) is 0 Å². The Kier molecular flexibility index (Phi) is 2.76. The Balaban J connectivity index is 1.99. The zero-order chi connectivity index (χ0) is 16.6. The number of thiophene rings is 2. The standard InChI is InChI=1S/C18H14N4S2/c1-7-5-9(3)19-15-11(7)13-17(23-15)22-14-12-8(2)6-10(4)20-16(12)24-18(14)21-13/h5-6H,1-4H3. The second kappa shape index (κ2) is 4.68. The molecule has 0 unspecified atom stereocenters. The summed E-state index contributed by atoms with van der Waals surface area (Å²) in [6.45, 7) is 8.30. The van der Waals surface area contributed by atoms with Gasteiger partial charge in [0, 0.05) is 22.2 Å². The molecule has 118 valence electrons. The number of rotatable bonds is 0. The molecule has 0 saturated heterocycles. The van der Waals surface area contributed by atoms with E-state index in [0.29, 0.717) is 0 Å². The summed E-state index contributed by atoms with van der Waals surface area (Å²) in [7, 11) is 0. The molecule has 5 aromatic heterocycles. The molecule has 0 aliphatic rings. The molecule has 0 aliphatic carbocycles. The highest BCUT2D eigenvalue weighted by Crippen LogP contribution is 2.38. The monoisotopic (exact) mass is 350 g/mol. The van der Waals surface area contributed by atoms with Gasteiger partial charge in [0.1, 0.15) is 30.4 Å². The van der Waals surface area contributed by atoms with Gasteiger partial charge in [0.2, 0.25) is 0 Å². The normalized spacial score (nSPS) is 12.2. The first kappa shape index (κ1) is 14.2. The molecule has 4 nitrogen and oxygen atoms in total. The van der Waals surface area contributed by atoms with Crippen molar-refractivity contribution in [3.05, 3.63) is 34.6 Å². The van der Waals surface area contributed by atoms with E-state index in [0.717, 1.165) is 52.5 Å². The van der Waals surface area contributed by atoms with Crippen LogP contribution in [-0.4, -0.2) is 19.9 Å². The lowest BCUT2D eigenvalue weighted by atomic mass is 10.1. The Morgan fingerprint density at radius 1 is 0.583 bits per heavy atom. The molecule has 0 amide bonds. The van der Waals surface area contributed by atoms with Crippen molar-refractivity contribution in [2.75, 3.05) is 0 Å². The zero-order valence-corrected chi connectivity index (χ0v) is 15.4. The maximum Gasteiger partial charge on any atom is 0.145 e. The lowest BCUT2D eigenvalue weighted by molar-refractivity contribution is 1.25. The fourth-order valence-corrected chi connectivity index (χ4v) is 5.61. The van der Waals surface area contributed by atoms with Crippen molar-refractivity contribution in [1.29, 1.82) is 0 Å². The lowest BCUT2D eigenvalue weighted by Crippen LogP contribution is -1.86. The van der Waals surface area contributed by atoms with E-state index in [-0.39, 0.29) is 0 Å². The van der Waals surface area contributed by atoms with E-state index in [2.05, 4.69) is 35.9 Å². The Morgan fingerprint density at radius 3 is 1.42 bits per heavy atom. The van der Waals surface area contributed by atoms with Gasteiger partial charge in [-0.1, -0.05) is 22.7 Å². The molecule has 0 spiro atoms. The van der Waals surface area contributed by atoms with Gasteiger partial charge in [0.15, 0.2) is 0 Å². The molecule has 0 saturated carbocycles. The zero-order valence-electron chi connectivity index (χ0n) is 13.8. The predicted molar refractivity (Wildman–Crippen MR) is 102 cm³/mol. The van der Waals surface area contributed by atoms with Crippen LogP contribution in [0, 0.1) is 27.7 Å². The number of fused-ring (bicyclic) bond motifs is 6. The third kappa shape index (κ3) is 1.84. The Hall–Kier alpha value is -2.18. The molecule has 0 radical (unpaired) electrons. The third-order valence-corrected chi connectivity index (χ3v) is 6.25. The van der Waals surface area contributed by atoms with Crippen LogP contribution in [-0.2, 0) is 0 Å². The summed E-state index contributed by atoms with van der Waals surface area (Å²) in [5.74, 6) is 0. The summed E-state index contributed by atoms with van der Waals surface area (Å²) in [4.78, 5) is 23.2. The van der Waals surface area contributed by atoms with Gasteiger partial charge in [-0.2, -0.15) is 0 Å². The molecule has 5 rings (SSSR count). The van der Waals surface area contributed by atoms with Gasteiger partial charge in [-0.15, -0.1) is 0 Å². The second-order valence-electron chi connectivity index (χ2n) is 6.26. The molecule has 0 aromatic carbocycles. The van der Waals surface area contributed by atoms with Crippen molar-refractivity contribution in [2.24, 2.45) is 0 Å². The van der Waals surface area contributed by atoms with Gasteiger partial charge < -0.3 is 0 Å². The van der Waals surface area contributed by atoms with Crippen LogP contribution in [0.15, 0.2) is 12.1 Å². The highest BCUT2D eigenvalue weighted by molar-refractivity contribution is 7.26. The smallest absolute Gasteiger partial charge is 0.145 e. The minimum absolute atomic E-state index is 0.957. The fourth-order valence-electron chi connectivity index (χ4n) is 3.38. The van der Waals surface area contributed by atoms with Crippen molar-refractivity contribution < 1.29 is 0 Å². The van der Waals surface area contributed by atoms with Crippen LogP contribution in [0.3, 0.4) is 0 Å². The molecule has 0 atom stereocenters. The SMILES string of the molecule is Cc1cc(C)c2c(n1)sc1nc3c(nc12)sc1nc(C)cc(C)c13. The van der Waals surface area contributed by atoms with E-state index < -0.39 is 0 Å². The Labute approximate surface area is 146 Å². The molecule has 0 bridgehead atoms. The molecular weight excluding hydrogens is 336 g/mol. The van der Waals surface area contributed by atoms with Crippen molar-refractivity contribution in [1.82, 2.24) is 19.9 Å². The molecule has 0 aliphatic heterocycles. The van der Waals surface area contributed by atoms with E-state index >= 15 is 0 Å². The van der Waals surface area contributed by atoms with Crippen LogP contribution in [0.1, 0.15) is 22.5 Å². The van der Waals surface area contributed by atoms with Crippen molar-refractivity contribution >= 4 is 63.8 Å². The number of aromatic nitrogens is 4. The molecule has 24 heavy (non-hydrogen) atoms. The van der Waals surface area contributed by atoms with Gasteiger partial charge >= 0.3 is 0 Å². The van der Waals surface area contributed by atoms with Crippen LogP contribution in [0.2, 0.25) is 0 Å². The van der Waals surface area contributed by atoms with E-state index in [4.69, 9.17) is 9.97 Å². The average Bonchev–Trinajstić information content (AvgIpc) is 3.00. The average molecular weight is 350 g/mol. The number of pyridine rings is 2. The minimum Gasteiger partial charge on any atom is -0.242 e. The number of hydrogen-bond donors (Lipinski definition) is 0. The quantitative estimate of drug-likeness (QED) is 0.383. The van der Waals surface area contributed by atoms with E-state index in [1.54, 1.807) is 22.7 Å². The predicted octanol–water partition coefficient (Wildman–Crippen LogP) is 5.24.